The van der Waals surface area contributed by atoms with Crippen molar-refractivity contribution in [3.8, 4) is 0 Å². The number of carbonyl (C=O) groups excluding carboxylic acids is 1. The highest BCUT2D eigenvalue weighted by Gasteiger charge is 2.48. The lowest BCUT2D eigenvalue weighted by atomic mass is 9.85. The maximum absolute atomic E-state index is 13.3. The van der Waals surface area contributed by atoms with E-state index in [-0.39, 0.29) is 43.0 Å². The minimum absolute atomic E-state index is 0.00120. The maximum Gasteiger partial charge on any atom is 0.247 e. The maximum atomic E-state index is 13.3. The molecular weight excluding hydrogens is 707 g/mol. The first-order chi connectivity index (χ1) is 26.4. The van der Waals surface area contributed by atoms with Gasteiger partial charge in [0.25, 0.3) is 0 Å². The van der Waals surface area contributed by atoms with Gasteiger partial charge in [-0.25, -0.2) is 0 Å². The lowest BCUT2D eigenvalue weighted by Crippen LogP contribution is -2.63. The standard InChI is InChI=1S/C46H71N3O7/c1-30(2)26-37-27-33(5)19-13-12-14-22-34(6)38(23-16-15-18-31(3)20-17-21-32(4)24-25-35(7)48-44(37)51)56-45-41(47)42(50)39(29-53-45)55-40-28-46(9,52)43(49(10)11)36(8)54-40/h12-24,27,30,34-36,38-43,45,50,52H,25-26,28-29,47H2,1-11H3,(H,48,51). The monoisotopic (exact) mass is 778 g/mol. The van der Waals surface area contributed by atoms with Gasteiger partial charge >= 0.3 is 0 Å². The Balaban J connectivity index is 1.81. The first-order valence-corrected chi connectivity index (χ1v) is 20.2. The molecule has 0 radical (unpaired) electrons. The number of likely N-dealkylation sites (N-methyl/N-ethyl adjacent to an activating group) is 1. The van der Waals surface area contributed by atoms with Crippen molar-refractivity contribution >= 4 is 5.91 Å². The molecule has 0 spiro atoms. The quantitative estimate of drug-likeness (QED) is 0.221. The van der Waals surface area contributed by atoms with Crippen molar-refractivity contribution in [1.82, 2.24) is 10.2 Å². The Morgan fingerprint density at radius 2 is 1.64 bits per heavy atom. The molecule has 0 saturated carbocycles. The zero-order valence-corrected chi connectivity index (χ0v) is 35.7. The van der Waals surface area contributed by atoms with E-state index in [0.717, 1.165) is 28.7 Å². The number of amides is 1. The van der Waals surface area contributed by atoms with E-state index in [0.29, 0.717) is 12.3 Å². The Morgan fingerprint density at radius 1 is 0.964 bits per heavy atom. The van der Waals surface area contributed by atoms with E-state index in [4.69, 9.17) is 24.7 Å². The van der Waals surface area contributed by atoms with Gasteiger partial charge in [0, 0.05) is 24.0 Å². The Labute approximate surface area is 337 Å². The molecule has 10 heteroatoms. The fourth-order valence-corrected chi connectivity index (χ4v) is 7.33. The van der Waals surface area contributed by atoms with Gasteiger partial charge in [0.15, 0.2) is 12.6 Å². The second kappa shape index (κ2) is 22.7. The van der Waals surface area contributed by atoms with Crippen molar-refractivity contribution in [1.29, 1.82) is 0 Å². The molecule has 0 aromatic carbocycles. The number of allylic oxidation sites excluding steroid dienone is 14. The Bertz CT molecular complexity index is 1550. The highest BCUT2D eigenvalue weighted by molar-refractivity contribution is 5.94. The van der Waals surface area contributed by atoms with Crippen LogP contribution in [0.3, 0.4) is 0 Å². The molecule has 3 aliphatic heterocycles. The lowest BCUT2D eigenvalue weighted by Gasteiger charge is -2.48. The fraction of sp³-hybridized carbons (Fsp3) is 0.587. The van der Waals surface area contributed by atoms with Crippen molar-refractivity contribution in [2.24, 2.45) is 17.6 Å². The first-order valence-electron chi connectivity index (χ1n) is 20.2. The average Bonchev–Trinajstić information content (AvgIpc) is 3.09. The molecule has 11 unspecified atom stereocenters. The molecule has 2 saturated heterocycles. The van der Waals surface area contributed by atoms with Gasteiger partial charge in [-0.3, -0.25) is 4.79 Å². The second-order valence-electron chi connectivity index (χ2n) is 16.7. The van der Waals surface area contributed by atoms with E-state index < -0.39 is 42.5 Å². The van der Waals surface area contributed by atoms with E-state index in [1.54, 1.807) is 6.92 Å². The summed E-state index contributed by atoms with van der Waals surface area (Å²) in [5.41, 5.74) is 9.43. The van der Waals surface area contributed by atoms with Crippen molar-refractivity contribution in [2.75, 3.05) is 20.7 Å². The number of aliphatic hydroxyl groups excluding tert-OH is 1. The van der Waals surface area contributed by atoms with E-state index in [1.165, 1.54) is 0 Å². The molecule has 11 atom stereocenters. The molecule has 1 amide bonds. The molecule has 10 nitrogen and oxygen atoms in total. The number of nitrogens with zero attached hydrogens (tertiary/aromatic N) is 1. The van der Waals surface area contributed by atoms with E-state index in [9.17, 15) is 15.0 Å². The zero-order valence-electron chi connectivity index (χ0n) is 35.7. The number of nitrogens with two attached hydrogens (primary N) is 1. The molecular formula is C46H71N3O7. The van der Waals surface area contributed by atoms with Gasteiger partial charge in [-0.1, -0.05) is 123 Å². The van der Waals surface area contributed by atoms with Gasteiger partial charge < -0.3 is 45.1 Å². The lowest BCUT2D eigenvalue weighted by molar-refractivity contribution is -0.307. The smallest absolute Gasteiger partial charge is 0.247 e. The third-order valence-corrected chi connectivity index (χ3v) is 10.2. The summed E-state index contributed by atoms with van der Waals surface area (Å²) in [6.45, 7) is 18.1. The first kappa shape index (κ1) is 47.2. The van der Waals surface area contributed by atoms with Gasteiger partial charge in [0.2, 0.25) is 5.91 Å². The minimum Gasteiger partial charge on any atom is -0.388 e. The number of hydrogen-bond acceptors (Lipinski definition) is 9. The van der Waals surface area contributed by atoms with Gasteiger partial charge in [-0.2, -0.15) is 0 Å². The predicted octanol–water partition coefficient (Wildman–Crippen LogP) is 6.75. The SMILES string of the molecule is CC1=CC=CC(C)=CCC(C)NC(=O)C(CC(C)C)=CC(C)=CC=CC=CC(C)C(OC2OCC(OC3CC(C)(O)C(N(C)C)C(C)O3)C(O)C2N)C=CC=C1. The number of nitrogens with one attached hydrogen (secondary N) is 1. The Morgan fingerprint density at radius 3 is 2.32 bits per heavy atom. The van der Waals surface area contributed by atoms with Crippen LogP contribution >= 0.6 is 0 Å². The highest BCUT2D eigenvalue weighted by Crippen LogP contribution is 2.34. The van der Waals surface area contributed by atoms with Crippen LogP contribution in [0.1, 0.15) is 81.6 Å². The fourth-order valence-electron chi connectivity index (χ4n) is 7.33. The van der Waals surface area contributed by atoms with Crippen LogP contribution in [-0.2, 0) is 23.7 Å². The number of ether oxygens (including phenoxy) is 4. The summed E-state index contributed by atoms with van der Waals surface area (Å²) < 4.78 is 24.8. The van der Waals surface area contributed by atoms with Crippen LogP contribution in [0.2, 0.25) is 0 Å². The van der Waals surface area contributed by atoms with Gasteiger partial charge in [0.1, 0.15) is 12.2 Å². The number of rotatable bonds is 7. The molecule has 5 N–H and O–H groups in total. The number of hydrogen-bond donors (Lipinski definition) is 4. The second-order valence-corrected chi connectivity index (χ2v) is 16.7. The predicted molar refractivity (Wildman–Crippen MR) is 226 cm³/mol. The van der Waals surface area contributed by atoms with Crippen LogP contribution in [0.5, 0.6) is 0 Å². The van der Waals surface area contributed by atoms with Crippen molar-refractivity contribution in [3.05, 3.63) is 107 Å². The molecule has 0 aromatic rings. The highest BCUT2D eigenvalue weighted by atomic mass is 16.7. The van der Waals surface area contributed by atoms with E-state index in [1.807, 2.05) is 127 Å². The Kier molecular flexibility index (Phi) is 19.1. The van der Waals surface area contributed by atoms with Gasteiger partial charge in [-0.15, -0.1) is 0 Å². The van der Waals surface area contributed by atoms with Gasteiger partial charge in [-0.05, 0) is 74.4 Å². The van der Waals surface area contributed by atoms with E-state index in [2.05, 4.69) is 38.2 Å². The molecule has 56 heavy (non-hydrogen) atoms. The molecule has 2 fully saturated rings. The molecule has 3 aliphatic rings. The molecule has 312 valence electrons. The minimum atomic E-state index is -1.09. The number of carbonyl (C=O) groups is 1. The van der Waals surface area contributed by atoms with E-state index >= 15 is 0 Å². The van der Waals surface area contributed by atoms with Crippen LogP contribution in [0.15, 0.2) is 107 Å². The molecule has 0 aliphatic carbocycles. The average molecular weight is 778 g/mol. The van der Waals surface area contributed by atoms with Crippen LogP contribution < -0.4 is 11.1 Å². The zero-order chi connectivity index (χ0) is 41.6. The summed E-state index contributed by atoms with van der Waals surface area (Å²) in [5.74, 6) is 0.213. The summed E-state index contributed by atoms with van der Waals surface area (Å²) in [7, 11) is 3.82. The normalized spacial score (nSPS) is 34.8. The topological polar surface area (TPSA) is 136 Å². The number of aliphatic hydroxyl groups is 2. The largest absolute Gasteiger partial charge is 0.388 e. The van der Waals surface area contributed by atoms with Crippen LogP contribution in [-0.4, -0.2) is 102 Å². The van der Waals surface area contributed by atoms with Crippen molar-refractivity contribution in [3.63, 3.8) is 0 Å². The summed E-state index contributed by atoms with van der Waals surface area (Å²) >= 11 is 0. The van der Waals surface area contributed by atoms with Crippen LogP contribution in [0.4, 0.5) is 0 Å². The van der Waals surface area contributed by atoms with Crippen molar-refractivity contribution < 1.29 is 34.0 Å². The van der Waals surface area contributed by atoms with Gasteiger partial charge in [0.05, 0.1) is 36.5 Å². The third-order valence-electron chi connectivity index (χ3n) is 10.2. The molecule has 3 rings (SSSR count). The summed E-state index contributed by atoms with van der Waals surface area (Å²) in [6.07, 6.45) is 25.5. The van der Waals surface area contributed by atoms with Crippen LogP contribution in [0, 0.1) is 11.8 Å². The van der Waals surface area contributed by atoms with Crippen LogP contribution in [0.25, 0.3) is 0 Å². The molecule has 0 bridgehead atoms. The summed E-state index contributed by atoms with van der Waals surface area (Å²) in [4.78, 5) is 15.2. The summed E-state index contributed by atoms with van der Waals surface area (Å²) in [5, 5.41) is 25.7. The summed E-state index contributed by atoms with van der Waals surface area (Å²) in [6, 6.07) is -1.10. The van der Waals surface area contributed by atoms with Crippen molar-refractivity contribution in [2.45, 2.75) is 142 Å². The molecule has 3 heterocycles. The molecule has 0 aromatic heterocycles. The third kappa shape index (κ3) is 15.3. The Hall–Kier alpha value is -3.19.